The Balaban J connectivity index is 1.92. The first-order chi connectivity index (χ1) is 9.16. The van der Waals surface area contributed by atoms with Crippen LogP contribution in [0, 0.1) is 6.92 Å². The molecule has 0 saturated carbocycles. The van der Waals surface area contributed by atoms with Crippen LogP contribution in [0.3, 0.4) is 0 Å². The number of anilines is 1. The first-order valence-corrected chi connectivity index (χ1v) is 6.38. The molecular formula is C15H15NO2S. The Morgan fingerprint density at radius 2 is 1.84 bits per heavy atom. The predicted molar refractivity (Wildman–Crippen MR) is 79.0 cm³/mol. The summed E-state index contributed by atoms with van der Waals surface area (Å²) in [4.78, 5) is 12.5. The van der Waals surface area contributed by atoms with Crippen molar-refractivity contribution >= 4 is 24.2 Å². The summed E-state index contributed by atoms with van der Waals surface area (Å²) in [5, 5.41) is 2.76. The van der Waals surface area contributed by atoms with Crippen molar-refractivity contribution < 1.29 is 9.53 Å². The number of thiol groups is 1. The van der Waals surface area contributed by atoms with Crippen molar-refractivity contribution in [3.8, 4) is 5.75 Å². The molecule has 0 aromatic heterocycles. The lowest BCUT2D eigenvalue weighted by atomic mass is 10.2. The maximum Gasteiger partial charge on any atom is 0.262 e. The first-order valence-electron chi connectivity index (χ1n) is 5.93. The monoisotopic (exact) mass is 273 g/mol. The lowest BCUT2D eigenvalue weighted by molar-refractivity contribution is -0.118. The van der Waals surface area contributed by atoms with Crippen molar-refractivity contribution in [3.05, 3.63) is 54.1 Å². The maximum atomic E-state index is 11.8. The molecule has 0 bridgehead atoms. The third kappa shape index (κ3) is 3.76. The molecule has 0 aliphatic rings. The molecule has 0 saturated heterocycles. The van der Waals surface area contributed by atoms with Crippen LogP contribution in [0.5, 0.6) is 5.75 Å². The Bertz CT molecular complexity index is 584. The number of rotatable bonds is 4. The van der Waals surface area contributed by atoms with Crippen molar-refractivity contribution in [2.45, 2.75) is 11.8 Å². The van der Waals surface area contributed by atoms with E-state index in [1.165, 1.54) is 0 Å². The van der Waals surface area contributed by atoms with Gasteiger partial charge < -0.3 is 10.1 Å². The fraction of sp³-hybridized carbons (Fsp3) is 0.133. The number of nitrogens with one attached hydrogen (secondary N) is 1. The van der Waals surface area contributed by atoms with Gasteiger partial charge in [-0.1, -0.05) is 30.3 Å². The number of aryl methyl sites for hydroxylation is 1. The Kier molecular flexibility index (Phi) is 4.47. The molecule has 0 atom stereocenters. The minimum atomic E-state index is -0.204. The van der Waals surface area contributed by atoms with Crippen LogP contribution in [0.1, 0.15) is 5.56 Å². The highest BCUT2D eigenvalue weighted by atomic mass is 32.1. The first kappa shape index (κ1) is 13.5. The quantitative estimate of drug-likeness (QED) is 0.839. The molecule has 2 aromatic carbocycles. The fourth-order valence-electron chi connectivity index (χ4n) is 1.63. The van der Waals surface area contributed by atoms with E-state index in [0.29, 0.717) is 5.69 Å². The lowest BCUT2D eigenvalue weighted by Crippen LogP contribution is -2.20. The van der Waals surface area contributed by atoms with Crippen molar-refractivity contribution in [1.29, 1.82) is 0 Å². The molecule has 2 aromatic rings. The van der Waals surface area contributed by atoms with Crippen LogP contribution in [0.2, 0.25) is 0 Å². The zero-order valence-corrected chi connectivity index (χ0v) is 11.5. The van der Waals surface area contributed by atoms with Crippen molar-refractivity contribution in [2.24, 2.45) is 0 Å². The van der Waals surface area contributed by atoms with Gasteiger partial charge in [-0.3, -0.25) is 4.79 Å². The van der Waals surface area contributed by atoms with Gasteiger partial charge in [0, 0.05) is 4.90 Å². The van der Waals surface area contributed by atoms with Gasteiger partial charge in [-0.25, -0.2) is 0 Å². The van der Waals surface area contributed by atoms with Gasteiger partial charge >= 0.3 is 0 Å². The zero-order valence-electron chi connectivity index (χ0n) is 10.6. The summed E-state index contributed by atoms with van der Waals surface area (Å²) in [6, 6.07) is 14.9. The molecule has 0 fully saturated rings. The highest BCUT2D eigenvalue weighted by molar-refractivity contribution is 7.80. The van der Waals surface area contributed by atoms with Gasteiger partial charge in [-0.15, -0.1) is 12.6 Å². The van der Waals surface area contributed by atoms with Gasteiger partial charge in [0.05, 0.1) is 5.69 Å². The average Bonchev–Trinajstić information content (AvgIpc) is 2.40. The molecule has 2 rings (SSSR count). The third-order valence-corrected chi connectivity index (χ3v) is 3.02. The largest absolute Gasteiger partial charge is 0.483 e. The summed E-state index contributed by atoms with van der Waals surface area (Å²) < 4.78 is 5.47. The molecular weight excluding hydrogens is 258 g/mol. The fourth-order valence-corrected chi connectivity index (χ4v) is 1.84. The van der Waals surface area contributed by atoms with E-state index >= 15 is 0 Å². The van der Waals surface area contributed by atoms with E-state index in [1.807, 2.05) is 49.4 Å². The van der Waals surface area contributed by atoms with Crippen LogP contribution in [-0.2, 0) is 4.79 Å². The number of ether oxygens (including phenoxy) is 1. The van der Waals surface area contributed by atoms with E-state index in [1.54, 1.807) is 6.07 Å². The second-order valence-electron chi connectivity index (χ2n) is 4.12. The second-order valence-corrected chi connectivity index (χ2v) is 4.60. The summed E-state index contributed by atoms with van der Waals surface area (Å²) in [5.74, 6) is 0.515. The topological polar surface area (TPSA) is 38.3 Å². The third-order valence-electron chi connectivity index (χ3n) is 2.63. The van der Waals surface area contributed by atoms with Gasteiger partial charge in [0.25, 0.3) is 5.91 Å². The Hall–Kier alpha value is -1.94. The smallest absolute Gasteiger partial charge is 0.262 e. The molecule has 0 radical (unpaired) electrons. The summed E-state index contributed by atoms with van der Waals surface area (Å²) >= 11 is 4.27. The predicted octanol–water partition coefficient (Wildman–Crippen LogP) is 3.30. The molecule has 0 aliphatic heterocycles. The van der Waals surface area contributed by atoms with Crippen LogP contribution < -0.4 is 10.1 Å². The van der Waals surface area contributed by atoms with Crippen LogP contribution in [0.4, 0.5) is 5.69 Å². The minimum absolute atomic E-state index is 0.0209. The standard InChI is InChI=1S/C15H15NO2S/c1-11-6-2-4-8-13(11)18-10-15(17)16-12-7-3-5-9-14(12)19/h2-9,19H,10H2,1H3,(H,16,17). The number of para-hydroxylation sites is 2. The van der Waals surface area contributed by atoms with E-state index < -0.39 is 0 Å². The summed E-state index contributed by atoms with van der Waals surface area (Å²) in [6.07, 6.45) is 0. The van der Waals surface area contributed by atoms with Crippen molar-refractivity contribution in [2.75, 3.05) is 11.9 Å². The van der Waals surface area contributed by atoms with Crippen molar-refractivity contribution in [3.63, 3.8) is 0 Å². The Morgan fingerprint density at radius 3 is 2.58 bits per heavy atom. The second kappa shape index (κ2) is 6.29. The SMILES string of the molecule is Cc1ccccc1OCC(=O)Nc1ccccc1S. The molecule has 19 heavy (non-hydrogen) atoms. The number of hydrogen-bond acceptors (Lipinski definition) is 3. The van der Waals surface area contributed by atoms with Gasteiger partial charge in [-0.05, 0) is 30.7 Å². The van der Waals surface area contributed by atoms with Gasteiger partial charge in [0.2, 0.25) is 0 Å². The molecule has 1 N–H and O–H groups in total. The average molecular weight is 273 g/mol. The van der Waals surface area contributed by atoms with Crippen LogP contribution in [0.15, 0.2) is 53.4 Å². The zero-order chi connectivity index (χ0) is 13.7. The van der Waals surface area contributed by atoms with Crippen LogP contribution in [0.25, 0.3) is 0 Å². The number of carbonyl (C=O) groups excluding carboxylic acids is 1. The highest BCUT2D eigenvalue weighted by Crippen LogP contribution is 2.19. The van der Waals surface area contributed by atoms with E-state index in [2.05, 4.69) is 17.9 Å². The minimum Gasteiger partial charge on any atom is -0.483 e. The summed E-state index contributed by atoms with van der Waals surface area (Å²) in [7, 11) is 0. The normalized spacial score (nSPS) is 10.0. The number of hydrogen-bond donors (Lipinski definition) is 2. The molecule has 0 unspecified atom stereocenters. The molecule has 1 amide bonds. The van der Waals surface area contributed by atoms with E-state index in [0.717, 1.165) is 16.2 Å². The number of benzene rings is 2. The number of carbonyl (C=O) groups is 1. The van der Waals surface area contributed by atoms with Crippen LogP contribution >= 0.6 is 12.6 Å². The van der Waals surface area contributed by atoms with E-state index in [9.17, 15) is 4.79 Å². The molecule has 0 heterocycles. The molecule has 0 spiro atoms. The molecule has 4 heteroatoms. The van der Waals surface area contributed by atoms with E-state index in [4.69, 9.17) is 4.74 Å². The van der Waals surface area contributed by atoms with Gasteiger partial charge in [0.1, 0.15) is 5.75 Å². The van der Waals surface area contributed by atoms with Gasteiger partial charge in [0.15, 0.2) is 6.61 Å². The van der Waals surface area contributed by atoms with Gasteiger partial charge in [-0.2, -0.15) is 0 Å². The summed E-state index contributed by atoms with van der Waals surface area (Å²) in [6.45, 7) is 1.92. The Morgan fingerprint density at radius 1 is 1.16 bits per heavy atom. The molecule has 0 aliphatic carbocycles. The van der Waals surface area contributed by atoms with E-state index in [-0.39, 0.29) is 12.5 Å². The highest BCUT2D eigenvalue weighted by Gasteiger charge is 2.06. The molecule has 98 valence electrons. The Labute approximate surface area is 118 Å². The summed E-state index contributed by atoms with van der Waals surface area (Å²) in [5.41, 5.74) is 1.69. The molecule has 3 nitrogen and oxygen atoms in total. The van der Waals surface area contributed by atoms with Crippen molar-refractivity contribution in [1.82, 2.24) is 0 Å². The maximum absolute atomic E-state index is 11.8. The van der Waals surface area contributed by atoms with Crippen LogP contribution in [-0.4, -0.2) is 12.5 Å². The lowest BCUT2D eigenvalue weighted by Gasteiger charge is -2.10. The number of amides is 1.